The summed E-state index contributed by atoms with van der Waals surface area (Å²) in [6.45, 7) is 6.11. The Morgan fingerprint density at radius 3 is 2.06 bits per heavy atom. The molecule has 5 rings (SSSR count). The molecule has 15 heteroatoms. The topological polar surface area (TPSA) is 110 Å². The first-order chi connectivity index (χ1) is 24.2. The molecular weight excluding hydrogens is 825 g/mol. The van der Waals surface area contributed by atoms with Crippen LogP contribution in [0.15, 0.2) is 98.6 Å². The van der Waals surface area contributed by atoms with Gasteiger partial charge in [-0.05, 0) is 78.1 Å². The first-order valence-electron chi connectivity index (χ1n) is 15.8. The minimum Gasteiger partial charge on any atom is -0.356 e. The van der Waals surface area contributed by atoms with Gasteiger partial charge in [0.15, 0.2) is 5.76 Å². The lowest BCUT2D eigenvalue weighted by Gasteiger charge is -2.23. The third-order valence-corrected chi connectivity index (χ3v) is 11.7. The van der Waals surface area contributed by atoms with Gasteiger partial charge >= 0.3 is 12.4 Å². The van der Waals surface area contributed by atoms with E-state index in [0.29, 0.717) is 29.8 Å². The number of rotatable bonds is 10. The van der Waals surface area contributed by atoms with Crippen molar-refractivity contribution in [1.82, 2.24) is 10.5 Å². The fourth-order valence-corrected chi connectivity index (χ4v) is 8.86. The summed E-state index contributed by atoms with van der Waals surface area (Å²) in [4.78, 5) is 12.5. The highest BCUT2D eigenvalue weighted by atomic mass is 127. The molecule has 0 fully saturated rings. The van der Waals surface area contributed by atoms with E-state index in [1.54, 1.807) is 36.4 Å². The van der Waals surface area contributed by atoms with Crippen molar-refractivity contribution in [2.45, 2.75) is 45.5 Å². The molecule has 2 N–H and O–H groups in total. The number of carbonyl (C=O) groups is 1. The number of halogens is 7. The molecule has 4 aromatic rings. The van der Waals surface area contributed by atoms with Gasteiger partial charge in [0.25, 0.3) is 16.0 Å². The summed E-state index contributed by atoms with van der Waals surface area (Å²) in [7, 11) is -4.23. The highest BCUT2D eigenvalue weighted by Crippen LogP contribution is 2.42. The number of aromatic nitrogens is 1. The van der Waals surface area contributed by atoms with Crippen molar-refractivity contribution in [3.63, 3.8) is 0 Å². The molecule has 3 aromatic carbocycles. The van der Waals surface area contributed by atoms with Crippen LogP contribution in [0.25, 0.3) is 22.5 Å². The lowest BCUT2D eigenvalue weighted by atomic mass is 9.87. The molecule has 0 bridgehead atoms. The number of hydrogen-bond donors (Lipinski definition) is 2. The van der Waals surface area contributed by atoms with E-state index >= 15 is 0 Å². The maximum atomic E-state index is 13.6. The number of nitrogens with one attached hydrogen (secondary N) is 1. The Bertz CT molecular complexity index is 2130. The smallest absolute Gasteiger partial charge is 0.356 e. The molecule has 1 aliphatic heterocycles. The van der Waals surface area contributed by atoms with Crippen LogP contribution in [0.3, 0.4) is 0 Å². The summed E-state index contributed by atoms with van der Waals surface area (Å²) in [5, 5.41) is 6.81. The van der Waals surface area contributed by atoms with Crippen LogP contribution in [-0.4, -0.2) is 40.3 Å². The van der Waals surface area contributed by atoms with Gasteiger partial charge in [-0.15, -0.1) is 0 Å². The molecule has 1 unspecified atom stereocenters. The lowest BCUT2D eigenvalue weighted by Crippen LogP contribution is -2.28. The molecule has 1 aliphatic rings. The summed E-state index contributed by atoms with van der Waals surface area (Å²) in [5.41, 5.74) is 0.300. The van der Waals surface area contributed by atoms with Gasteiger partial charge in [-0.1, -0.05) is 89.1 Å². The molecular formula is C37H33F6IN2O5S. The molecule has 1 amide bonds. The number of carbonyl (C=O) groups excluding carboxylic acids is 1. The summed E-state index contributed by atoms with van der Waals surface area (Å²) in [6.07, 6.45) is -5.37. The van der Waals surface area contributed by atoms with E-state index in [9.17, 15) is 39.6 Å². The fourth-order valence-electron chi connectivity index (χ4n) is 5.30. The van der Waals surface area contributed by atoms with E-state index in [1.165, 1.54) is 23.8 Å². The Balaban J connectivity index is 1.46. The minimum atomic E-state index is -4.99. The van der Waals surface area contributed by atoms with Gasteiger partial charge in [-0.2, -0.15) is 34.8 Å². The normalized spacial score (nSPS) is 14.7. The van der Waals surface area contributed by atoms with Gasteiger partial charge in [0.2, 0.25) is 0 Å². The van der Waals surface area contributed by atoms with Crippen LogP contribution in [0.4, 0.5) is 26.3 Å². The SMILES string of the molecule is CC(C)(C)C1=CC=C(C(Cc2ccc(C(=O)NCCS(=O)(=O)O)cc2)c2cc(-c3cccc(-c4cc(C(F)(F)F)cc(C(F)(F)F)c4)c3)on2)I=C1. The van der Waals surface area contributed by atoms with Crippen molar-refractivity contribution in [2.75, 3.05) is 12.3 Å². The zero-order valence-corrected chi connectivity index (χ0v) is 30.9. The Morgan fingerprint density at radius 2 is 1.50 bits per heavy atom. The number of hydrogen-bond acceptors (Lipinski definition) is 5. The zero-order chi connectivity index (χ0) is 38.1. The van der Waals surface area contributed by atoms with E-state index in [4.69, 9.17) is 9.08 Å². The van der Waals surface area contributed by atoms with E-state index in [0.717, 1.165) is 9.14 Å². The molecule has 276 valence electrons. The van der Waals surface area contributed by atoms with Crippen molar-refractivity contribution in [3.05, 3.63) is 122 Å². The van der Waals surface area contributed by atoms with Crippen LogP contribution in [0.2, 0.25) is 0 Å². The zero-order valence-electron chi connectivity index (χ0n) is 27.9. The molecule has 0 aliphatic carbocycles. The van der Waals surface area contributed by atoms with Crippen LogP contribution in [0.5, 0.6) is 0 Å². The largest absolute Gasteiger partial charge is 0.416 e. The number of benzene rings is 3. The van der Waals surface area contributed by atoms with Crippen LogP contribution in [0, 0.1) is 5.41 Å². The Labute approximate surface area is 306 Å². The van der Waals surface area contributed by atoms with Gasteiger partial charge in [-0.3, -0.25) is 9.35 Å². The quantitative estimate of drug-likeness (QED) is 0.0935. The van der Waals surface area contributed by atoms with Crippen molar-refractivity contribution >= 4 is 40.8 Å². The second kappa shape index (κ2) is 15.1. The van der Waals surface area contributed by atoms with Gasteiger partial charge in [0.1, 0.15) is 0 Å². The first-order valence-corrected chi connectivity index (χ1v) is 19.7. The van der Waals surface area contributed by atoms with E-state index in [2.05, 4.69) is 47.4 Å². The number of nitrogens with zero attached hydrogens (tertiary/aromatic N) is 1. The second-order valence-corrected chi connectivity index (χ2v) is 17.2. The predicted molar refractivity (Wildman–Crippen MR) is 195 cm³/mol. The Hall–Kier alpha value is -4.09. The third-order valence-electron chi connectivity index (χ3n) is 8.17. The van der Waals surface area contributed by atoms with E-state index in [1.807, 2.05) is 0 Å². The van der Waals surface area contributed by atoms with Gasteiger partial charge in [0, 0.05) is 29.7 Å². The summed E-state index contributed by atoms with van der Waals surface area (Å²) in [5.74, 6) is -1.13. The average Bonchev–Trinajstić information content (AvgIpc) is 3.56. The highest BCUT2D eigenvalue weighted by Gasteiger charge is 2.37. The van der Waals surface area contributed by atoms with Crippen LogP contribution in [0.1, 0.15) is 59.4 Å². The van der Waals surface area contributed by atoms with Crippen molar-refractivity contribution in [3.8, 4) is 22.5 Å². The third kappa shape index (κ3) is 10.1. The average molecular weight is 859 g/mol. The molecule has 1 atom stereocenters. The van der Waals surface area contributed by atoms with Crippen molar-refractivity contribution in [2.24, 2.45) is 5.41 Å². The molecule has 0 saturated heterocycles. The van der Waals surface area contributed by atoms with E-state index < -0.39 is 66.0 Å². The maximum absolute atomic E-state index is 13.6. The molecule has 0 radical (unpaired) electrons. The lowest BCUT2D eigenvalue weighted by molar-refractivity contribution is -0.143. The van der Waals surface area contributed by atoms with Crippen LogP contribution in [-0.2, 0) is 28.9 Å². The molecule has 2 heterocycles. The minimum absolute atomic E-state index is 0.0540. The maximum Gasteiger partial charge on any atom is 0.416 e. The van der Waals surface area contributed by atoms with Gasteiger partial charge in [0.05, 0.1) is 22.6 Å². The first kappa shape index (κ1) is 39.1. The number of amides is 1. The van der Waals surface area contributed by atoms with Crippen molar-refractivity contribution < 1.29 is 48.6 Å². The number of allylic oxidation sites excluding steroid dienone is 4. The second-order valence-electron chi connectivity index (χ2n) is 13.1. The number of alkyl halides is 6. The molecule has 52 heavy (non-hydrogen) atoms. The van der Waals surface area contributed by atoms with Crippen molar-refractivity contribution in [1.29, 1.82) is 0 Å². The summed E-state index contributed by atoms with van der Waals surface area (Å²) >= 11 is -0.595. The molecule has 0 saturated carbocycles. The Morgan fingerprint density at radius 1 is 0.865 bits per heavy atom. The standard InChI is InChI=1S/C37H33F6IN2O5S/c1-35(2,3)27-11-12-31(44-21-27)30(15-22-7-9-23(10-8-22)34(47)45-13-14-52(48,49)50)32-20-33(51-46-32)25-6-4-5-24(16-25)26-17-28(36(38,39)40)19-29(18-26)37(41,42)43/h4-12,16-21,30H,13-15H2,1-3H3,(H,45,47)(H,48,49,50). The highest BCUT2D eigenvalue weighted by molar-refractivity contribution is 14.2. The van der Waals surface area contributed by atoms with Crippen LogP contribution < -0.4 is 5.32 Å². The summed E-state index contributed by atoms with van der Waals surface area (Å²) in [6, 6.07) is 15.9. The van der Waals surface area contributed by atoms with Gasteiger partial charge in [-0.25, -0.2) is 0 Å². The van der Waals surface area contributed by atoms with E-state index in [-0.39, 0.29) is 46.4 Å². The monoisotopic (exact) mass is 858 g/mol. The molecule has 7 nitrogen and oxygen atoms in total. The Kier molecular flexibility index (Phi) is 11.4. The molecule has 0 spiro atoms. The summed E-state index contributed by atoms with van der Waals surface area (Å²) < 4.78 is 121. The van der Waals surface area contributed by atoms with Crippen LogP contribution >= 0.6 is 20.7 Å². The predicted octanol–water partition coefficient (Wildman–Crippen LogP) is 9.63. The fraction of sp³-hybridized carbons (Fsp3) is 0.270. The van der Waals surface area contributed by atoms with Gasteiger partial charge < -0.3 is 9.84 Å². The molecule has 1 aromatic heterocycles.